The Labute approximate surface area is 199 Å². The van der Waals surface area contributed by atoms with E-state index in [-0.39, 0.29) is 18.7 Å². The average Bonchev–Trinajstić information content (AvgIpc) is 2.82. The molecule has 0 aliphatic heterocycles. The Bertz CT molecular complexity index is 1060. The number of hydrogen-bond donors (Lipinski definition) is 2. The number of ether oxygens (including phenoxy) is 1. The van der Waals surface area contributed by atoms with Gasteiger partial charge in [0.05, 0.1) is 13.0 Å². The smallest absolute Gasteiger partial charge is 0.408 e. The number of nitrogens with one attached hydrogen (secondary N) is 1. The lowest BCUT2D eigenvalue weighted by atomic mass is 9.97. The first-order valence-corrected chi connectivity index (χ1v) is 10.9. The number of rotatable bonds is 10. The number of ketones is 1. The Hall–Kier alpha value is -4.13. The van der Waals surface area contributed by atoms with Gasteiger partial charge in [-0.15, -0.1) is 0 Å². The number of benzene rings is 3. The number of Topliss-reactive ketones (excluding diaryl/α,β-unsaturated/α-hetero) is 1. The number of alkyl carbamates (subject to hydrolysis) is 1. The van der Waals surface area contributed by atoms with E-state index in [1.54, 1.807) is 38.1 Å². The molecular weight excluding hydrogens is 432 g/mol. The van der Waals surface area contributed by atoms with E-state index in [4.69, 9.17) is 4.74 Å². The molecule has 0 aromatic heterocycles. The SMILES string of the molecule is CC(C)(CC(=O)c1ccccc1)OC(=O)N[C@@H](CN(c1ccccc1)c1ccccc1)C(=O)O. The summed E-state index contributed by atoms with van der Waals surface area (Å²) in [6.45, 7) is 3.20. The summed E-state index contributed by atoms with van der Waals surface area (Å²) >= 11 is 0. The van der Waals surface area contributed by atoms with E-state index >= 15 is 0 Å². The maximum Gasteiger partial charge on any atom is 0.408 e. The van der Waals surface area contributed by atoms with Crippen LogP contribution in [0, 0.1) is 0 Å². The molecule has 7 heteroatoms. The lowest BCUT2D eigenvalue weighted by Crippen LogP contribution is -2.49. The number of amides is 1. The molecule has 0 spiro atoms. The molecule has 1 amide bonds. The van der Waals surface area contributed by atoms with Gasteiger partial charge in [-0.05, 0) is 38.1 Å². The van der Waals surface area contributed by atoms with Gasteiger partial charge >= 0.3 is 12.1 Å². The number of carbonyl (C=O) groups excluding carboxylic acids is 2. The molecule has 0 saturated carbocycles. The summed E-state index contributed by atoms with van der Waals surface area (Å²) in [5.41, 5.74) is 0.954. The fraction of sp³-hybridized carbons (Fsp3) is 0.222. The fourth-order valence-corrected chi connectivity index (χ4v) is 3.52. The number of carboxylic acid groups (broad SMARTS) is 1. The van der Waals surface area contributed by atoms with Crippen molar-refractivity contribution in [2.24, 2.45) is 0 Å². The quantitative estimate of drug-likeness (QED) is 0.411. The number of anilines is 2. The molecular formula is C27H28N2O5. The van der Waals surface area contributed by atoms with Gasteiger partial charge in [0, 0.05) is 16.9 Å². The first-order chi connectivity index (χ1) is 16.2. The molecule has 0 bridgehead atoms. The number of carbonyl (C=O) groups is 3. The number of carboxylic acids is 1. The third kappa shape index (κ3) is 6.93. The van der Waals surface area contributed by atoms with E-state index in [0.29, 0.717) is 5.56 Å². The Balaban J connectivity index is 1.70. The highest BCUT2D eigenvalue weighted by Gasteiger charge is 2.30. The van der Waals surface area contributed by atoms with Gasteiger partial charge in [0.2, 0.25) is 0 Å². The van der Waals surface area contributed by atoms with Gasteiger partial charge < -0.3 is 20.1 Å². The van der Waals surface area contributed by atoms with Crippen LogP contribution in [0.5, 0.6) is 0 Å². The van der Waals surface area contributed by atoms with Crippen molar-refractivity contribution in [1.29, 1.82) is 0 Å². The van der Waals surface area contributed by atoms with Crippen molar-refractivity contribution < 1.29 is 24.2 Å². The van der Waals surface area contributed by atoms with Crippen LogP contribution >= 0.6 is 0 Å². The van der Waals surface area contributed by atoms with Gasteiger partial charge in [0.15, 0.2) is 5.78 Å². The summed E-state index contributed by atoms with van der Waals surface area (Å²) in [7, 11) is 0. The minimum atomic E-state index is -1.26. The number of aliphatic carboxylic acids is 1. The second-order valence-corrected chi connectivity index (χ2v) is 8.43. The molecule has 0 aliphatic rings. The lowest BCUT2D eigenvalue weighted by molar-refractivity contribution is -0.139. The van der Waals surface area contributed by atoms with E-state index in [2.05, 4.69) is 5.32 Å². The van der Waals surface area contributed by atoms with E-state index < -0.39 is 23.7 Å². The van der Waals surface area contributed by atoms with E-state index in [1.807, 2.05) is 71.6 Å². The Kier molecular flexibility index (Phi) is 8.03. The zero-order valence-electron chi connectivity index (χ0n) is 19.2. The second kappa shape index (κ2) is 11.1. The molecule has 176 valence electrons. The molecule has 1 atom stereocenters. The number of hydrogen-bond acceptors (Lipinski definition) is 5. The molecule has 0 radical (unpaired) electrons. The summed E-state index contributed by atoms with van der Waals surface area (Å²) in [6.07, 6.45) is -0.943. The maximum atomic E-state index is 12.6. The van der Waals surface area contributed by atoms with Gasteiger partial charge in [0.1, 0.15) is 11.6 Å². The van der Waals surface area contributed by atoms with Gasteiger partial charge in [-0.1, -0.05) is 66.7 Å². The van der Waals surface area contributed by atoms with Crippen molar-refractivity contribution in [2.75, 3.05) is 11.4 Å². The van der Waals surface area contributed by atoms with Crippen molar-refractivity contribution >= 4 is 29.2 Å². The van der Waals surface area contributed by atoms with Gasteiger partial charge in [-0.3, -0.25) is 4.79 Å². The van der Waals surface area contributed by atoms with Crippen molar-refractivity contribution in [1.82, 2.24) is 5.32 Å². The Morgan fingerprint density at radius 2 is 1.32 bits per heavy atom. The first-order valence-electron chi connectivity index (χ1n) is 10.9. The molecule has 3 aromatic rings. The van der Waals surface area contributed by atoms with Crippen molar-refractivity contribution in [3.63, 3.8) is 0 Å². The second-order valence-electron chi connectivity index (χ2n) is 8.43. The standard InChI is InChI=1S/C27H28N2O5/c1-27(2,18-24(30)20-12-6-3-7-13-20)34-26(33)28-23(25(31)32)19-29(21-14-8-4-9-15-21)22-16-10-5-11-17-22/h3-17,23H,18-19H2,1-2H3,(H,28,33)(H,31,32)/t23-/m0/s1. The highest BCUT2D eigenvalue weighted by molar-refractivity contribution is 5.96. The first kappa shape index (κ1) is 24.5. The largest absolute Gasteiger partial charge is 0.480 e. The van der Waals surface area contributed by atoms with Crippen LogP contribution in [0.2, 0.25) is 0 Å². The molecule has 3 aromatic carbocycles. The van der Waals surface area contributed by atoms with E-state index in [0.717, 1.165) is 11.4 Å². The van der Waals surface area contributed by atoms with Crippen LogP contribution in [0.3, 0.4) is 0 Å². The minimum Gasteiger partial charge on any atom is -0.480 e. The zero-order valence-corrected chi connectivity index (χ0v) is 19.2. The summed E-state index contributed by atoms with van der Waals surface area (Å²) in [5.74, 6) is -1.38. The molecule has 34 heavy (non-hydrogen) atoms. The van der Waals surface area contributed by atoms with Crippen LogP contribution in [-0.2, 0) is 9.53 Å². The average molecular weight is 461 g/mol. The highest BCUT2D eigenvalue weighted by atomic mass is 16.6. The number of nitrogens with zero attached hydrogens (tertiary/aromatic N) is 1. The van der Waals surface area contributed by atoms with Crippen LogP contribution in [0.4, 0.5) is 16.2 Å². The van der Waals surface area contributed by atoms with Gasteiger partial charge in [-0.2, -0.15) is 0 Å². The van der Waals surface area contributed by atoms with Gasteiger partial charge in [0.25, 0.3) is 0 Å². The monoisotopic (exact) mass is 460 g/mol. The molecule has 0 unspecified atom stereocenters. The molecule has 0 heterocycles. The summed E-state index contributed by atoms with van der Waals surface area (Å²) in [6, 6.07) is 26.1. The molecule has 3 rings (SSSR count). The summed E-state index contributed by atoms with van der Waals surface area (Å²) < 4.78 is 5.45. The van der Waals surface area contributed by atoms with Crippen molar-refractivity contribution in [3.05, 3.63) is 96.6 Å². The van der Waals surface area contributed by atoms with Crippen LogP contribution in [0.1, 0.15) is 30.6 Å². The third-order valence-electron chi connectivity index (χ3n) is 5.14. The lowest BCUT2D eigenvalue weighted by Gasteiger charge is -2.29. The predicted molar refractivity (Wildman–Crippen MR) is 130 cm³/mol. The van der Waals surface area contributed by atoms with Gasteiger partial charge in [-0.25, -0.2) is 9.59 Å². The van der Waals surface area contributed by atoms with Crippen LogP contribution in [0.25, 0.3) is 0 Å². The topological polar surface area (TPSA) is 95.9 Å². The Morgan fingerprint density at radius 1 is 0.853 bits per heavy atom. The summed E-state index contributed by atoms with van der Waals surface area (Å²) in [5, 5.41) is 12.2. The molecule has 7 nitrogen and oxygen atoms in total. The third-order valence-corrected chi connectivity index (χ3v) is 5.14. The number of para-hydroxylation sites is 2. The normalized spacial score (nSPS) is 11.8. The van der Waals surface area contributed by atoms with Crippen LogP contribution in [-0.4, -0.2) is 41.1 Å². The maximum absolute atomic E-state index is 12.6. The Morgan fingerprint density at radius 3 is 1.79 bits per heavy atom. The molecule has 0 saturated heterocycles. The van der Waals surface area contributed by atoms with E-state index in [9.17, 15) is 19.5 Å². The van der Waals surface area contributed by atoms with Crippen molar-refractivity contribution in [3.8, 4) is 0 Å². The zero-order chi connectivity index (χ0) is 24.6. The molecule has 0 aliphatic carbocycles. The van der Waals surface area contributed by atoms with Crippen LogP contribution in [0.15, 0.2) is 91.0 Å². The van der Waals surface area contributed by atoms with E-state index in [1.165, 1.54) is 0 Å². The fourth-order valence-electron chi connectivity index (χ4n) is 3.52. The highest BCUT2D eigenvalue weighted by Crippen LogP contribution is 2.25. The van der Waals surface area contributed by atoms with Crippen molar-refractivity contribution in [2.45, 2.75) is 31.9 Å². The molecule has 2 N–H and O–H groups in total. The van der Waals surface area contributed by atoms with Crippen LogP contribution < -0.4 is 10.2 Å². The predicted octanol–water partition coefficient (Wildman–Crippen LogP) is 5.06. The summed E-state index contributed by atoms with van der Waals surface area (Å²) in [4.78, 5) is 39.0. The molecule has 0 fully saturated rings. The minimum absolute atomic E-state index is 0.0260.